The lowest BCUT2D eigenvalue weighted by Crippen LogP contribution is -2.20. The summed E-state index contributed by atoms with van der Waals surface area (Å²) in [6.07, 6.45) is 2.91. The van der Waals surface area contributed by atoms with Crippen LogP contribution in [0.1, 0.15) is 21.5 Å². The molecule has 2 rings (SSSR count). The molecule has 0 aliphatic heterocycles. The van der Waals surface area contributed by atoms with Crippen molar-refractivity contribution in [3.8, 4) is 0 Å². The second-order valence-corrected chi connectivity index (χ2v) is 4.96. The van der Waals surface area contributed by atoms with Gasteiger partial charge in [0.25, 0.3) is 5.69 Å². The number of carbonyl (C=O) groups is 2. The van der Waals surface area contributed by atoms with Crippen molar-refractivity contribution in [2.45, 2.75) is 6.54 Å². The number of carbonyl (C=O) groups excluding carboxylic acids is 2. The third-order valence-electron chi connectivity index (χ3n) is 3.24. The summed E-state index contributed by atoms with van der Waals surface area (Å²) in [5.41, 5.74) is 7.07. The molecule has 7 heteroatoms. The topological polar surface area (TPSA) is 115 Å². The van der Waals surface area contributed by atoms with Crippen molar-refractivity contribution < 1.29 is 14.5 Å². The number of rotatable bonds is 6. The van der Waals surface area contributed by atoms with Crippen molar-refractivity contribution in [3.63, 3.8) is 0 Å². The number of nitro benzene ring substituents is 1. The Bertz CT molecular complexity index is 780. The van der Waals surface area contributed by atoms with Crippen LogP contribution in [0.25, 0.3) is 6.08 Å². The van der Waals surface area contributed by atoms with Gasteiger partial charge in [-0.25, -0.2) is 0 Å². The standard InChI is InChI=1S/C17H15N3O4/c18-17(22)14-6-1-13(2-7-14)11-19-16(21)10-5-12-3-8-15(9-4-12)20(23)24/h1-10H,11H2,(H2,18,22)(H,19,21)/b10-5+. The molecule has 2 amide bonds. The Morgan fingerprint density at radius 2 is 1.71 bits per heavy atom. The fraction of sp³-hybridized carbons (Fsp3) is 0.0588. The minimum atomic E-state index is -0.503. The number of nitrogens with one attached hydrogen (secondary N) is 1. The highest BCUT2D eigenvalue weighted by atomic mass is 16.6. The predicted molar refractivity (Wildman–Crippen MR) is 88.9 cm³/mol. The molecule has 24 heavy (non-hydrogen) atoms. The summed E-state index contributed by atoms with van der Waals surface area (Å²) in [6, 6.07) is 12.5. The van der Waals surface area contributed by atoms with E-state index in [1.807, 2.05) is 0 Å². The highest BCUT2D eigenvalue weighted by molar-refractivity contribution is 5.93. The van der Waals surface area contributed by atoms with Gasteiger partial charge in [-0.05, 0) is 41.5 Å². The van der Waals surface area contributed by atoms with Crippen LogP contribution in [0, 0.1) is 10.1 Å². The molecule has 0 aliphatic rings. The molecular formula is C17H15N3O4. The first-order valence-corrected chi connectivity index (χ1v) is 7.05. The number of nitro groups is 1. The molecule has 7 nitrogen and oxygen atoms in total. The van der Waals surface area contributed by atoms with Crippen molar-refractivity contribution in [2.24, 2.45) is 5.73 Å². The molecule has 0 aliphatic carbocycles. The van der Waals surface area contributed by atoms with Crippen molar-refractivity contribution in [1.82, 2.24) is 5.32 Å². The molecule has 122 valence electrons. The third-order valence-corrected chi connectivity index (χ3v) is 3.24. The summed E-state index contributed by atoms with van der Waals surface area (Å²) < 4.78 is 0. The quantitative estimate of drug-likeness (QED) is 0.480. The Balaban J connectivity index is 1.88. The van der Waals surface area contributed by atoms with Gasteiger partial charge in [0.1, 0.15) is 0 Å². The summed E-state index contributed by atoms with van der Waals surface area (Å²) in [4.78, 5) is 32.8. The number of amides is 2. The van der Waals surface area contributed by atoms with Gasteiger partial charge in [-0.1, -0.05) is 12.1 Å². The van der Waals surface area contributed by atoms with E-state index in [2.05, 4.69) is 5.32 Å². The lowest BCUT2D eigenvalue weighted by molar-refractivity contribution is -0.384. The van der Waals surface area contributed by atoms with Gasteiger partial charge >= 0.3 is 0 Å². The van der Waals surface area contributed by atoms with E-state index in [9.17, 15) is 19.7 Å². The van der Waals surface area contributed by atoms with Gasteiger partial charge < -0.3 is 11.1 Å². The zero-order chi connectivity index (χ0) is 17.5. The summed E-state index contributed by atoms with van der Waals surface area (Å²) in [5, 5.41) is 13.3. The van der Waals surface area contributed by atoms with E-state index in [4.69, 9.17) is 5.73 Å². The average Bonchev–Trinajstić information content (AvgIpc) is 2.58. The predicted octanol–water partition coefficient (Wildman–Crippen LogP) is 2.02. The number of nitrogens with two attached hydrogens (primary N) is 1. The highest BCUT2D eigenvalue weighted by Crippen LogP contribution is 2.12. The van der Waals surface area contributed by atoms with Gasteiger partial charge in [0.2, 0.25) is 11.8 Å². The van der Waals surface area contributed by atoms with Crippen molar-refractivity contribution >= 4 is 23.6 Å². The molecule has 0 fully saturated rings. The Kier molecular flexibility index (Phi) is 5.40. The van der Waals surface area contributed by atoms with E-state index in [1.54, 1.807) is 42.5 Å². The fourth-order valence-electron chi connectivity index (χ4n) is 1.91. The molecule has 0 saturated heterocycles. The smallest absolute Gasteiger partial charge is 0.269 e. The summed E-state index contributed by atoms with van der Waals surface area (Å²) in [6.45, 7) is 0.308. The third kappa shape index (κ3) is 4.77. The van der Waals surface area contributed by atoms with E-state index in [0.29, 0.717) is 17.7 Å². The van der Waals surface area contributed by atoms with Gasteiger partial charge in [-0.2, -0.15) is 0 Å². The van der Waals surface area contributed by atoms with Crippen LogP contribution in [0.3, 0.4) is 0 Å². The van der Waals surface area contributed by atoms with Crippen LogP contribution in [-0.4, -0.2) is 16.7 Å². The van der Waals surface area contributed by atoms with Crippen LogP contribution in [0.15, 0.2) is 54.6 Å². The van der Waals surface area contributed by atoms with E-state index in [0.717, 1.165) is 5.56 Å². The Morgan fingerprint density at radius 3 is 2.25 bits per heavy atom. The molecule has 0 radical (unpaired) electrons. The molecule has 0 spiro atoms. The monoisotopic (exact) mass is 325 g/mol. The number of nitrogens with zero attached hydrogens (tertiary/aromatic N) is 1. The second kappa shape index (κ2) is 7.68. The van der Waals surface area contributed by atoms with Crippen LogP contribution in [-0.2, 0) is 11.3 Å². The van der Waals surface area contributed by atoms with E-state index < -0.39 is 10.8 Å². The van der Waals surface area contributed by atoms with E-state index >= 15 is 0 Å². The van der Waals surface area contributed by atoms with E-state index in [1.165, 1.54) is 18.2 Å². The maximum atomic E-state index is 11.8. The maximum absolute atomic E-state index is 11.8. The maximum Gasteiger partial charge on any atom is 0.269 e. The molecule has 0 bridgehead atoms. The van der Waals surface area contributed by atoms with Crippen LogP contribution in [0.2, 0.25) is 0 Å². The zero-order valence-corrected chi connectivity index (χ0v) is 12.6. The number of hydrogen-bond donors (Lipinski definition) is 2. The first kappa shape index (κ1) is 16.9. The first-order chi connectivity index (χ1) is 11.5. The normalized spacial score (nSPS) is 10.5. The van der Waals surface area contributed by atoms with E-state index in [-0.39, 0.29) is 11.6 Å². The van der Waals surface area contributed by atoms with Crippen LogP contribution in [0.4, 0.5) is 5.69 Å². The molecule has 3 N–H and O–H groups in total. The van der Waals surface area contributed by atoms with Crippen LogP contribution < -0.4 is 11.1 Å². The van der Waals surface area contributed by atoms with Gasteiger partial charge in [0.15, 0.2) is 0 Å². The van der Waals surface area contributed by atoms with Gasteiger partial charge in [-0.3, -0.25) is 19.7 Å². The lowest BCUT2D eigenvalue weighted by atomic mass is 10.1. The fourth-order valence-corrected chi connectivity index (χ4v) is 1.91. The van der Waals surface area contributed by atoms with Gasteiger partial charge in [-0.15, -0.1) is 0 Å². The van der Waals surface area contributed by atoms with Crippen LogP contribution in [0.5, 0.6) is 0 Å². The minimum absolute atomic E-state index is 0.00370. The molecule has 0 saturated carbocycles. The summed E-state index contributed by atoms with van der Waals surface area (Å²) in [5.74, 6) is -0.802. The summed E-state index contributed by atoms with van der Waals surface area (Å²) >= 11 is 0. The number of benzene rings is 2. The molecular weight excluding hydrogens is 310 g/mol. The average molecular weight is 325 g/mol. The number of non-ortho nitro benzene ring substituents is 1. The van der Waals surface area contributed by atoms with Crippen LogP contribution >= 0.6 is 0 Å². The second-order valence-electron chi connectivity index (χ2n) is 4.96. The molecule has 0 unspecified atom stereocenters. The molecule has 0 aromatic heterocycles. The molecule has 2 aromatic rings. The Hall–Kier alpha value is -3.48. The van der Waals surface area contributed by atoms with Gasteiger partial charge in [0.05, 0.1) is 4.92 Å². The van der Waals surface area contributed by atoms with Crippen molar-refractivity contribution in [1.29, 1.82) is 0 Å². The number of hydrogen-bond acceptors (Lipinski definition) is 4. The largest absolute Gasteiger partial charge is 0.366 e. The Morgan fingerprint density at radius 1 is 1.08 bits per heavy atom. The molecule has 0 atom stereocenters. The first-order valence-electron chi connectivity index (χ1n) is 7.05. The van der Waals surface area contributed by atoms with Crippen molar-refractivity contribution in [3.05, 3.63) is 81.4 Å². The lowest BCUT2D eigenvalue weighted by Gasteiger charge is -2.03. The molecule has 0 heterocycles. The number of primary amides is 1. The summed E-state index contributed by atoms with van der Waals surface area (Å²) in [7, 11) is 0. The molecule has 2 aromatic carbocycles. The van der Waals surface area contributed by atoms with Gasteiger partial charge in [0, 0.05) is 30.3 Å². The van der Waals surface area contributed by atoms with Crippen molar-refractivity contribution in [2.75, 3.05) is 0 Å². The minimum Gasteiger partial charge on any atom is -0.366 e. The Labute approximate surface area is 137 Å². The zero-order valence-electron chi connectivity index (χ0n) is 12.6. The SMILES string of the molecule is NC(=O)c1ccc(CNC(=O)/C=C/c2ccc([N+](=O)[O-])cc2)cc1. The highest BCUT2D eigenvalue weighted by Gasteiger charge is 2.03.